The summed E-state index contributed by atoms with van der Waals surface area (Å²) in [4.78, 5) is 14.9. The average Bonchev–Trinajstić information content (AvgIpc) is 2.87. The van der Waals surface area contributed by atoms with Gasteiger partial charge in [0.2, 0.25) is 0 Å². The molecule has 1 amide bonds. The molecule has 0 fully saturated rings. The van der Waals surface area contributed by atoms with E-state index >= 15 is 0 Å². The van der Waals surface area contributed by atoms with E-state index in [1.807, 2.05) is 11.4 Å². The van der Waals surface area contributed by atoms with Crippen LogP contribution in [0.1, 0.15) is 15.2 Å². The van der Waals surface area contributed by atoms with E-state index in [1.165, 1.54) is 0 Å². The second-order valence-corrected chi connectivity index (χ2v) is 5.71. The van der Waals surface area contributed by atoms with Crippen molar-refractivity contribution in [2.24, 2.45) is 7.05 Å². The molecular formula is C11H12BrN3OS. The molecule has 0 saturated heterocycles. The van der Waals surface area contributed by atoms with Crippen molar-refractivity contribution in [3.05, 3.63) is 38.8 Å². The zero-order chi connectivity index (χ0) is 12.4. The van der Waals surface area contributed by atoms with E-state index < -0.39 is 0 Å². The van der Waals surface area contributed by atoms with Crippen molar-refractivity contribution in [2.45, 2.75) is 6.54 Å². The summed E-state index contributed by atoms with van der Waals surface area (Å²) in [5.74, 6) is -0.0115. The average molecular weight is 314 g/mol. The largest absolute Gasteiger partial charge is 0.336 e. The molecule has 0 bridgehead atoms. The lowest BCUT2D eigenvalue weighted by atomic mass is 10.3. The predicted octanol–water partition coefficient (Wildman–Crippen LogP) is 2.52. The highest BCUT2D eigenvalue weighted by molar-refractivity contribution is 9.10. The van der Waals surface area contributed by atoms with Gasteiger partial charge in [-0.25, -0.2) is 0 Å². The number of aromatic nitrogens is 2. The van der Waals surface area contributed by atoms with Crippen molar-refractivity contribution in [1.82, 2.24) is 14.7 Å². The van der Waals surface area contributed by atoms with Crippen LogP contribution in [0.4, 0.5) is 0 Å². The molecular weight excluding hydrogens is 302 g/mol. The first-order valence-corrected chi connectivity index (χ1v) is 6.70. The Bertz CT molecular complexity index is 534. The van der Waals surface area contributed by atoms with E-state index in [4.69, 9.17) is 0 Å². The van der Waals surface area contributed by atoms with Gasteiger partial charge in [0.25, 0.3) is 5.91 Å². The van der Waals surface area contributed by atoms with Crippen LogP contribution in [0.15, 0.2) is 28.3 Å². The van der Waals surface area contributed by atoms with Crippen molar-refractivity contribution in [3.63, 3.8) is 0 Å². The van der Waals surface area contributed by atoms with Gasteiger partial charge in [-0.1, -0.05) is 0 Å². The van der Waals surface area contributed by atoms with Crippen LogP contribution < -0.4 is 0 Å². The number of hydrogen-bond acceptors (Lipinski definition) is 3. The molecule has 0 atom stereocenters. The van der Waals surface area contributed by atoms with E-state index in [0.29, 0.717) is 12.1 Å². The minimum atomic E-state index is -0.0115. The molecule has 0 aliphatic carbocycles. The second kappa shape index (κ2) is 5.01. The number of aryl methyl sites for hydroxylation is 1. The Hall–Kier alpha value is -1.14. The van der Waals surface area contributed by atoms with Crippen LogP contribution in [0.5, 0.6) is 0 Å². The third-order valence-corrected chi connectivity index (χ3v) is 4.00. The smallest absolute Gasteiger partial charge is 0.257 e. The highest BCUT2D eigenvalue weighted by atomic mass is 79.9. The third-order valence-electron chi connectivity index (χ3n) is 2.31. The van der Waals surface area contributed by atoms with E-state index in [1.54, 1.807) is 47.4 Å². The summed E-state index contributed by atoms with van der Waals surface area (Å²) in [6.07, 6.45) is 3.31. The summed E-state index contributed by atoms with van der Waals surface area (Å²) in [6.45, 7) is 0.615. The molecule has 2 aromatic rings. The predicted molar refractivity (Wildman–Crippen MR) is 71.0 cm³/mol. The summed E-state index contributed by atoms with van der Waals surface area (Å²) in [7, 11) is 3.59. The summed E-state index contributed by atoms with van der Waals surface area (Å²) >= 11 is 5.04. The molecule has 6 heteroatoms. The molecule has 0 aliphatic heterocycles. The van der Waals surface area contributed by atoms with Crippen LogP contribution >= 0.6 is 27.3 Å². The van der Waals surface area contributed by atoms with Gasteiger partial charge in [-0.15, -0.1) is 11.3 Å². The van der Waals surface area contributed by atoms with Crippen molar-refractivity contribution in [2.75, 3.05) is 7.05 Å². The first-order chi connectivity index (χ1) is 8.06. The number of nitrogens with zero attached hydrogens (tertiary/aromatic N) is 3. The minimum absolute atomic E-state index is 0.0115. The minimum Gasteiger partial charge on any atom is -0.336 e. The van der Waals surface area contributed by atoms with E-state index in [9.17, 15) is 4.79 Å². The van der Waals surface area contributed by atoms with Gasteiger partial charge >= 0.3 is 0 Å². The van der Waals surface area contributed by atoms with Crippen LogP contribution in [0.25, 0.3) is 0 Å². The van der Waals surface area contributed by atoms with Gasteiger partial charge in [-0.2, -0.15) is 5.10 Å². The molecule has 2 aromatic heterocycles. The van der Waals surface area contributed by atoms with Gasteiger partial charge in [0, 0.05) is 35.0 Å². The molecule has 4 nitrogen and oxygen atoms in total. The van der Waals surface area contributed by atoms with Crippen LogP contribution in [0.2, 0.25) is 0 Å². The fourth-order valence-electron chi connectivity index (χ4n) is 1.49. The van der Waals surface area contributed by atoms with Gasteiger partial charge in [0.05, 0.1) is 18.3 Å². The SMILES string of the molecule is CN(Cc1cc(Br)cs1)C(=O)c1cnn(C)c1. The fourth-order valence-corrected chi connectivity index (χ4v) is 3.00. The lowest BCUT2D eigenvalue weighted by Crippen LogP contribution is -2.25. The normalized spacial score (nSPS) is 10.5. The molecule has 0 N–H and O–H groups in total. The van der Waals surface area contributed by atoms with Gasteiger partial charge in [-0.05, 0) is 22.0 Å². The van der Waals surface area contributed by atoms with Gasteiger partial charge in [0.15, 0.2) is 0 Å². The Balaban J connectivity index is 2.05. The number of halogens is 1. The van der Waals surface area contributed by atoms with E-state index in [0.717, 1.165) is 9.35 Å². The van der Waals surface area contributed by atoms with Crippen molar-refractivity contribution < 1.29 is 4.79 Å². The Labute approximate surface area is 112 Å². The number of rotatable bonds is 3. The molecule has 2 rings (SSSR count). The third kappa shape index (κ3) is 2.95. The topological polar surface area (TPSA) is 38.1 Å². The monoisotopic (exact) mass is 313 g/mol. The van der Waals surface area contributed by atoms with Crippen LogP contribution in [-0.4, -0.2) is 27.6 Å². The van der Waals surface area contributed by atoms with E-state index in [-0.39, 0.29) is 5.91 Å². The zero-order valence-electron chi connectivity index (χ0n) is 9.55. The molecule has 90 valence electrons. The first kappa shape index (κ1) is 12.3. The van der Waals surface area contributed by atoms with Crippen LogP contribution in [0.3, 0.4) is 0 Å². The molecule has 17 heavy (non-hydrogen) atoms. The zero-order valence-corrected chi connectivity index (χ0v) is 12.0. The number of carbonyl (C=O) groups is 1. The number of amides is 1. The highest BCUT2D eigenvalue weighted by Gasteiger charge is 2.14. The highest BCUT2D eigenvalue weighted by Crippen LogP contribution is 2.21. The Morgan fingerprint density at radius 2 is 2.41 bits per heavy atom. The molecule has 2 heterocycles. The van der Waals surface area contributed by atoms with Crippen LogP contribution in [0, 0.1) is 0 Å². The summed E-state index contributed by atoms with van der Waals surface area (Å²) in [6, 6.07) is 2.03. The van der Waals surface area contributed by atoms with Gasteiger partial charge in [0.1, 0.15) is 0 Å². The Kier molecular flexibility index (Phi) is 3.63. The van der Waals surface area contributed by atoms with E-state index in [2.05, 4.69) is 21.0 Å². The number of carbonyl (C=O) groups excluding carboxylic acids is 1. The van der Waals surface area contributed by atoms with Crippen molar-refractivity contribution in [1.29, 1.82) is 0 Å². The van der Waals surface area contributed by atoms with Crippen LogP contribution in [-0.2, 0) is 13.6 Å². The molecule has 0 aromatic carbocycles. The Morgan fingerprint density at radius 1 is 1.65 bits per heavy atom. The number of hydrogen-bond donors (Lipinski definition) is 0. The van der Waals surface area contributed by atoms with Crippen molar-refractivity contribution >= 4 is 33.2 Å². The molecule has 0 unspecified atom stereocenters. The van der Waals surface area contributed by atoms with Gasteiger partial charge in [-0.3, -0.25) is 9.48 Å². The standard InChI is InChI=1S/C11H12BrN3OS/c1-14(6-10-3-9(12)7-17-10)11(16)8-4-13-15(2)5-8/h3-5,7H,6H2,1-2H3. The summed E-state index contributed by atoms with van der Waals surface area (Å²) in [5.41, 5.74) is 0.616. The fraction of sp³-hybridized carbons (Fsp3) is 0.273. The summed E-state index contributed by atoms with van der Waals surface area (Å²) in [5, 5.41) is 6.01. The maximum Gasteiger partial charge on any atom is 0.257 e. The molecule has 0 aliphatic rings. The summed E-state index contributed by atoms with van der Waals surface area (Å²) < 4.78 is 2.68. The lowest BCUT2D eigenvalue weighted by Gasteiger charge is -2.14. The maximum atomic E-state index is 12.0. The van der Waals surface area contributed by atoms with Crippen molar-refractivity contribution in [3.8, 4) is 0 Å². The molecule has 0 radical (unpaired) electrons. The van der Waals surface area contributed by atoms with Gasteiger partial charge < -0.3 is 4.90 Å². The quantitative estimate of drug-likeness (QED) is 0.873. The lowest BCUT2D eigenvalue weighted by molar-refractivity contribution is 0.0786. The first-order valence-electron chi connectivity index (χ1n) is 5.03. The Morgan fingerprint density at radius 3 is 2.94 bits per heavy atom. The molecule has 0 saturated carbocycles. The number of thiophene rings is 1. The maximum absolute atomic E-state index is 12.0. The second-order valence-electron chi connectivity index (χ2n) is 3.80. The molecule has 0 spiro atoms.